The molecule has 1 aromatic heterocycles. The Hall–Kier alpha value is -1.65. The smallest absolute Gasteiger partial charge is 0.0538 e. The normalized spacial score (nSPS) is 14.4. The molecule has 0 radical (unpaired) electrons. The van der Waals surface area contributed by atoms with Crippen molar-refractivity contribution in [2.24, 2.45) is 12.8 Å². The predicted molar refractivity (Wildman–Crippen MR) is 86.9 cm³/mol. The molecule has 1 aromatic carbocycles. The molecule has 2 rings (SSSR count). The number of nitrogens with two attached hydrogens (primary N) is 1. The summed E-state index contributed by atoms with van der Waals surface area (Å²) in [6.07, 6.45) is 4.93. The van der Waals surface area contributed by atoms with Crippen LogP contribution in [-0.2, 0) is 13.6 Å². The monoisotopic (exact) mass is 286 g/mol. The van der Waals surface area contributed by atoms with Gasteiger partial charge in [0.1, 0.15) is 0 Å². The fourth-order valence-corrected chi connectivity index (χ4v) is 2.72. The van der Waals surface area contributed by atoms with E-state index in [1.165, 1.54) is 16.7 Å². The molecule has 114 valence electrons. The Balaban J connectivity index is 2.18. The van der Waals surface area contributed by atoms with Gasteiger partial charge in [-0.15, -0.1) is 0 Å². The van der Waals surface area contributed by atoms with Gasteiger partial charge < -0.3 is 5.73 Å². The summed E-state index contributed by atoms with van der Waals surface area (Å²) in [6.45, 7) is 5.13. The molecule has 0 aliphatic heterocycles. The van der Waals surface area contributed by atoms with Crippen LogP contribution in [0.15, 0.2) is 36.7 Å². The predicted octanol–water partition coefficient (Wildman–Crippen LogP) is 2.64. The summed E-state index contributed by atoms with van der Waals surface area (Å²) >= 11 is 0. The molecule has 0 bridgehead atoms. The van der Waals surface area contributed by atoms with E-state index in [2.05, 4.69) is 61.4 Å². The molecular weight excluding hydrogens is 260 g/mol. The standard InChI is InChI=1S/C17H26N4/c1-5-16(18)17(15-10-19-21(4)12-15)20(3)11-14-8-6-13(2)7-9-14/h6-10,12,16-17H,5,11,18H2,1-4H3. The maximum atomic E-state index is 6.36. The van der Waals surface area contributed by atoms with E-state index in [1.807, 2.05) is 17.9 Å². The van der Waals surface area contributed by atoms with E-state index in [1.54, 1.807) is 0 Å². The molecule has 0 amide bonds. The highest BCUT2D eigenvalue weighted by Crippen LogP contribution is 2.25. The highest BCUT2D eigenvalue weighted by Gasteiger charge is 2.24. The minimum atomic E-state index is 0.102. The van der Waals surface area contributed by atoms with Crippen molar-refractivity contribution in [1.29, 1.82) is 0 Å². The Kier molecular flexibility index (Phi) is 5.15. The maximum absolute atomic E-state index is 6.36. The summed E-state index contributed by atoms with van der Waals surface area (Å²) in [7, 11) is 4.07. The zero-order chi connectivity index (χ0) is 15.4. The average molecular weight is 286 g/mol. The molecule has 1 heterocycles. The van der Waals surface area contributed by atoms with Crippen LogP contribution in [0.2, 0.25) is 0 Å². The molecule has 2 atom stereocenters. The topological polar surface area (TPSA) is 47.1 Å². The van der Waals surface area contributed by atoms with Crippen LogP contribution in [0.1, 0.15) is 36.1 Å². The summed E-state index contributed by atoms with van der Waals surface area (Å²) in [5.74, 6) is 0. The third-order valence-electron chi connectivity index (χ3n) is 3.97. The number of nitrogens with zero attached hydrogens (tertiary/aromatic N) is 3. The third-order valence-corrected chi connectivity index (χ3v) is 3.97. The molecule has 0 aliphatic carbocycles. The molecule has 0 saturated heterocycles. The van der Waals surface area contributed by atoms with Gasteiger partial charge in [0.05, 0.1) is 12.2 Å². The third kappa shape index (κ3) is 3.93. The first kappa shape index (κ1) is 15.7. The summed E-state index contributed by atoms with van der Waals surface area (Å²) in [5, 5.41) is 4.29. The number of rotatable bonds is 6. The van der Waals surface area contributed by atoms with Gasteiger partial charge in [-0.1, -0.05) is 36.8 Å². The highest BCUT2D eigenvalue weighted by molar-refractivity contribution is 5.22. The molecule has 2 aromatic rings. The Morgan fingerprint density at radius 1 is 1.29 bits per heavy atom. The van der Waals surface area contributed by atoms with Crippen LogP contribution < -0.4 is 5.73 Å². The lowest BCUT2D eigenvalue weighted by Gasteiger charge is -2.31. The number of likely N-dealkylation sites (N-methyl/N-ethyl adjacent to an activating group) is 1. The Bertz CT molecular complexity index is 558. The van der Waals surface area contributed by atoms with Gasteiger partial charge in [0.2, 0.25) is 0 Å². The molecule has 2 unspecified atom stereocenters. The minimum absolute atomic E-state index is 0.102. The summed E-state index contributed by atoms with van der Waals surface area (Å²) in [6, 6.07) is 8.96. The van der Waals surface area contributed by atoms with E-state index < -0.39 is 0 Å². The van der Waals surface area contributed by atoms with Crippen LogP contribution in [0.5, 0.6) is 0 Å². The summed E-state index contributed by atoms with van der Waals surface area (Å²) < 4.78 is 1.84. The maximum Gasteiger partial charge on any atom is 0.0538 e. The van der Waals surface area contributed by atoms with Crippen LogP contribution >= 0.6 is 0 Å². The number of aromatic nitrogens is 2. The van der Waals surface area contributed by atoms with Gasteiger partial charge in [0, 0.05) is 31.4 Å². The van der Waals surface area contributed by atoms with Crippen LogP contribution in [0.4, 0.5) is 0 Å². The molecule has 0 fully saturated rings. The van der Waals surface area contributed by atoms with E-state index in [-0.39, 0.29) is 12.1 Å². The van der Waals surface area contributed by atoms with E-state index >= 15 is 0 Å². The summed E-state index contributed by atoms with van der Waals surface area (Å²) in [4.78, 5) is 2.32. The van der Waals surface area contributed by atoms with E-state index in [0.29, 0.717) is 0 Å². The number of hydrogen-bond donors (Lipinski definition) is 1. The Morgan fingerprint density at radius 3 is 2.48 bits per heavy atom. The number of benzene rings is 1. The molecule has 2 N–H and O–H groups in total. The zero-order valence-electron chi connectivity index (χ0n) is 13.5. The van der Waals surface area contributed by atoms with E-state index in [0.717, 1.165) is 13.0 Å². The quantitative estimate of drug-likeness (QED) is 0.888. The largest absolute Gasteiger partial charge is 0.326 e. The van der Waals surface area contributed by atoms with Crippen molar-refractivity contribution in [3.63, 3.8) is 0 Å². The molecule has 0 spiro atoms. The van der Waals surface area contributed by atoms with Crippen molar-refractivity contribution in [2.75, 3.05) is 7.05 Å². The second kappa shape index (κ2) is 6.87. The first-order valence-electron chi connectivity index (χ1n) is 7.51. The van der Waals surface area contributed by atoms with Crippen LogP contribution in [0.3, 0.4) is 0 Å². The van der Waals surface area contributed by atoms with Crippen LogP contribution in [0.25, 0.3) is 0 Å². The molecule has 0 aliphatic rings. The van der Waals surface area contributed by atoms with Gasteiger partial charge in [0.25, 0.3) is 0 Å². The van der Waals surface area contributed by atoms with Gasteiger partial charge in [-0.2, -0.15) is 5.10 Å². The average Bonchev–Trinajstić information content (AvgIpc) is 2.87. The second-order valence-corrected chi connectivity index (χ2v) is 5.86. The first-order chi connectivity index (χ1) is 10.0. The fraction of sp³-hybridized carbons (Fsp3) is 0.471. The molecule has 0 saturated carbocycles. The van der Waals surface area contributed by atoms with Crippen molar-refractivity contribution in [3.05, 3.63) is 53.3 Å². The molecule has 4 heteroatoms. The van der Waals surface area contributed by atoms with Crippen LogP contribution in [-0.4, -0.2) is 27.8 Å². The molecule has 21 heavy (non-hydrogen) atoms. The number of hydrogen-bond acceptors (Lipinski definition) is 3. The first-order valence-corrected chi connectivity index (χ1v) is 7.51. The van der Waals surface area contributed by atoms with Crippen molar-refractivity contribution in [3.8, 4) is 0 Å². The minimum Gasteiger partial charge on any atom is -0.326 e. The van der Waals surface area contributed by atoms with Gasteiger partial charge in [-0.3, -0.25) is 9.58 Å². The van der Waals surface area contributed by atoms with E-state index in [9.17, 15) is 0 Å². The molecular formula is C17H26N4. The van der Waals surface area contributed by atoms with Gasteiger partial charge in [0.15, 0.2) is 0 Å². The second-order valence-electron chi connectivity index (χ2n) is 5.86. The summed E-state index contributed by atoms with van der Waals surface area (Å²) in [5.41, 5.74) is 10.1. The van der Waals surface area contributed by atoms with Crippen molar-refractivity contribution >= 4 is 0 Å². The van der Waals surface area contributed by atoms with Gasteiger partial charge >= 0.3 is 0 Å². The number of aryl methyl sites for hydroxylation is 2. The Labute approximate surface area is 127 Å². The van der Waals surface area contributed by atoms with Crippen molar-refractivity contribution < 1.29 is 0 Å². The lowest BCUT2D eigenvalue weighted by Crippen LogP contribution is -2.38. The van der Waals surface area contributed by atoms with Gasteiger partial charge in [-0.25, -0.2) is 0 Å². The SMILES string of the molecule is CCC(N)C(c1cnn(C)c1)N(C)Cc1ccc(C)cc1. The van der Waals surface area contributed by atoms with Crippen molar-refractivity contribution in [1.82, 2.24) is 14.7 Å². The lowest BCUT2D eigenvalue weighted by molar-refractivity contribution is 0.201. The molecule has 4 nitrogen and oxygen atoms in total. The van der Waals surface area contributed by atoms with Crippen LogP contribution in [0, 0.1) is 6.92 Å². The highest BCUT2D eigenvalue weighted by atomic mass is 15.2. The zero-order valence-corrected chi connectivity index (χ0v) is 13.5. The fourth-order valence-electron chi connectivity index (χ4n) is 2.72. The Morgan fingerprint density at radius 2 is 1.95 bits per heavy atom. The van der Waals surface area contributed by atoms with Gasteiger partial charge in [-0.05, 0) is 26.0 Å². The lowest BCUT2D eigenvalue weighted by atomic mass is 9.99. The van der Waals surface area contributed by atoms with Crippen molar-refractivity contribution in [2.45, 2.75) is 38.9 Å². The van der Waals surface area contributed by atoms with E-state index in [4.69, 9.17) is 5.73 Å².